The SMILES string of the molecule is CC(C)(C)C(=O)OCCNC(=O)OCC1c2ccccc2-c2ccccc21. The summed E-state index contributed by atoms with van der Waals surface area (Å²) < 4.78 is 10.5. The molecule has 0 spiro atoms. The second kappa shape index (κ2) is 7.82. The highest BCUT2D eigenvalue weighted by Gasteiger charge is 2.29. The molecule has 27 heavy (non-hydrogen) atoms. The topological polar surface area (TPSA) is 64.6 Å². The Morgan fingerprint density at radius 3 is 2.04 bits per heavy atom. The maximum atomic E-state index is 12.0. The number of carbonyl (C=O) groups excluding carboxylic acids is 2. The second-order valence-electron chi connectivity index (χ2n) is 7.64. The quantitative estimate of drug-likeness (QED) is 0.638. The summed E-state index contributed by atoms with van der Waals surface area (Å²) in [5, 5.41) is 2.62. The predicted octanol–water partition coefficient (Wildman–Crippen LogP) is 4.11. The first-order valence-corrected chi connectivity index (χ1v) is 9.14. The number of rotatable bonds is 5. The van der Waals surface area contributed by atoms with Gasteiger partial charge in [0.15, 0.2) is 0 Å². The second-order valence-corrected chi connectivity index (χ2v) is 7.64. The number of carbonyl (C=O) groups is 2. The molecule has 0 fully saturated rings. The number of alkyl carbamates (subject to hydrolysis) is 1. The number of nitrogens with one attached hydrogen (secondary N) is 1. The van der Waals surface area contributed by atoms with Gasteiger partial charge < -0.3 is 14.8 Å². The van der Waals surface area contributed by atoms with Crippen molar-refractivity contribution in [1.29, 1.82) is 0 Å². The first-order chi connectivity index (χ1) is 12.9. The number of benzene rings is 2. The molecule has 0 atom stereocenters. The fraction of sp³-hybridized carbons (Fsp3) is 0.364. The van der Waals surface area contributed by atoms with Crippen LogP contribution in [0.5, 0.6) is 0 Å². The number of amides is 1. The Bertz CT molecular complexity index is 793. The van der Waals surface area contributed by atoms with Crippen molar-refractivity contribution >= 4 is 12.1 Å². The van der Waals surface area contributed by atoms with Crippen molar-refractivity contribution in [2.75, 3.05) is 19.8 Å². The summed E-state index contributed by atoms with van der Waals surface area (Å²) >= 11 is 0. The lowest BCUT2D eigenvalue weighted by Crippen LogP contribution is -2.31. The maximum Gasteiger partial charge on any atom is 0.407 e. The molecule has 142 valence electrons. The van der Waals surface area contributed by atoms with Gasteiger partial charge in [0, 0.05) is 5.92 Å². The molecule has 1 aliphatic rings. The molecule has 0 saturated carbocycles. The lowest BCUT2D eigenvalue weighted by atomic mass is 9.97. The van der Waals surface area contributed by atoms with Crippen LogP contribution in [0.15, 0.2) is 48.5 Å². The van der Waals surface area contributed by atoms with Crippen molar-refractivity contribution in [3.8, 4) is 11.1 Å². The van der Waals surface area contributed by atoms with Crippen molar-refractivity contribution in [3.63, 3.8) is 0 Å². The molecule has 1 N–H and O–H groups in total. The van der Waals surface area contributed by atoms with E-state index in [0.717, 1.165) is 0 Å². The van der Waals surface area contributed by atoms with Crippen molar-refractivity contribution in [3.05, 3.63) is 59.7 Å². The number of esters is 1. The van der Waals surface area contributed by atoms with E-state index in [2.05, 4.69) is 29.6 Å². The summed E-state index contributed by atoms with van der Waals surface area (Å²) in [6.07, 6.45) is -0.510. The van der Waals surface area contributed by atoms with Crippen molar-refractivity contribution in [1.82, 2.24) is 5.32 Å². The van der Waals surface area contributed by atoms with Gasteiger partial charge in [0.25, 0.3) is 0 Å². The standard InChI is InChI=1S/C22H25NO4/c1-22(2,3)20(24)26-13-12-23-21(25)27-14-19-17-10-6-4-8-15(17)16-9-5-7-11-18(16)19/h4-11,19H,12-14H2,1-3H3,(H,23,25). The molecule has 0 bridgehead atoms. The molecule has 0 aromatic heterocycles. The Morgan fingerprint density at radius 2 is 1.48 bits per heavy atom. The molecule has 2 aromatic rings. The molecular formula is C22H25NO4. The predicted molar refractivity (Wildman–Crippen MR) is 103 cm³/mol. The van der Waals surface area contributed by atoms with Crippen LogP contribution in [0.3, 0.4) is 0 Å². The van der Waals surface area contributed by atoms with Gasteiger partial charge >= 0.3 is 12.1 Å². The molecule has 0 aliphatic heterocycles. The van der Waals surface area contributed by atoms with Gasteiger partial charge in [0.05, 0.1) is 12.0 Å². The van der Waals surface area contributed by atoms with Crippen LogP contribution in [0.1, 0.15) is 37.8 Å². The number of fused-ring (bicyclic) bond motifs is 3. The van der Waals surface area contributed by atoms with Gasteiger partial charge in [0.2, 0.25) is 0 Å². The van der Waals surface area contributed by atoms with Crippen LogP contribution in [-0.2, 0) is 14.3 Å². The van der Waals surface area contributed by atoms with Gasteiger partial charge in [-0.05, 0) is 43.0 Å². The van der Waals surface area contributed by atoms with E-state index >= 15 is 0 Å². The van der Waals surface area contributed by atoms with Crippen molar-refractivity contribution in [2.24, 2.45) is 5.41 Å². The van der Waals surface area contributed by atoms with E-state index in [1.807, 2.05) is 24.3 Å². The minimum atomic E-state index is -0.552. The highest BCUT2D eigenvalue weighted by atomic mass is 16.6. The summed E-state index contributed by atoms with van der Waals surface area (Å²) in [5.41, 5.74) is 4.17. The zero-order valence-electron chi connectivity index (χ0n) is 16.0. The van der Waals surface area contributed by atoms with E-state index in [-0.39, 0.29) is 31.6 Å². The Labute approximate surface area is 159 Å². The largest absolute Gasteiger partial charge is 0.463 e. The average Bonchev–Trinajstić information content (AvgIpc) is 2.96. The minimum Gasteiger partial charge on any atom is -0.463 e. The number of hydrogen-bond acceptors (Lipinski definition) is 4. The lowest BCUT2D eigenvalue weighted by molar-refractivity contribution is -0.152. The molecule has 1 amide bonds. The summed E-state index contributed by atoms with van der Waals surface area (Å²) in [5.74, 6) is -0.265. The van der Waals surface area contributed by atoms with Gasteiger partial charge in [-0.3, -0.25) is 4.79 Å². The monoisotopic (exact) mass is 367 g/mol. The van der Waals surface area contributed by atoms with Crippen LogP contribution in [-0.4, -0.2) is 31.8 Å². The molecule has 1 aliphatic carbocycles. The van der Waals surface area contributed by atoms with Crippen molar-refractivity contribution in [2.45, 2.75) is 26.7 Å². The van der Waals surface area contributed by atoms with Crippen LogP contribution >= 0.6 is 0 Å². The fourth-order valence-corrected chi connectivity index (χ4v) is 3.16. The third-order valence-corrected chi connectivity index (χ3v) is 4.56. The van der Waals surface area contributed by atoms with E-state index in [4.69, 9.17) is 9.47 Å². The van der Waals surface area contributed by atoms with Crippen LogP contribution in [0.2, 0.25) is 0 Å². The first kappa shape index (κ1) is 19.0. The Balaban J connectivity index is 1.52. The summed E-state index contributed by atoms with van der Waals surface area (Å²) in [6.45, 7) is 5.97. The molecule has 0 unspecified atom stereocenters. The maximum absolute atomic E-state index is 12.0. The molecule has 5 heteroatoms. The van der Waals surface area contributed by atoms with Crippen molar-refractivity contribution < 1.29 is 19.1 Å². The zero-order chi connectivity index (χ0) is 19.4. The van der Waals surface area contributed by atoms with Gasteiger partial charge in [-0.15, -0.1) is 0 Å². The van der Waals surface area contributed by atoms with Gasteiger partial charge in [-0.2, -0.15) is 0 Å². The number of ether oxygens (including phenoxy) is 2. The van der Waals surface area contributed by atoms with E-state index in [1.54, 1.807) is 20.8 Å². The highest BCUT2D eigenvalue weighted by molar-refractivity contribution is 5.79. The van der Waals surface area contributed by atoms with Gasteiger partial charge in [0.1, 0.15) is 13.2 Å². The van der Waals surface area contributed by atoms with Crippen LogP contribution < -0.4 is 5.32 Å². The highest BCUT2D eigenvalue weighted by Crippen LogP contribution is 2.44. The first-order valence-electron chi connectivity index (χ1n) is 9.14. The average molecular weight is 367 g/mol. The van der Waals surface area contributed by atoms with Crippen LogP contribution in [0, 0.1) is 5.41 Å². The molecule has 2 aromatic carbocycles. The summed E-state index contributed by atoms with van der Waals surface area (Å²) in [7, 11) is 0. The molecule has 0 saturated heterocycles. The molecule has 0 heterocycles. The Hall–Kier alpha value is -2.82. The van der Waals surface area contributed by atoms with E-state index in [0.29, 0.717) is 0 Å². The normalized spacial score (nSPS) is 12.9. The van der Waals surface area contributed by atoms with E-state index in [1.165, 1.54) is 22.3 Å². The number of hydrogen-bond donors (Lipinski definition) is 1. The Morgan fingerprint density at radius 1 is 0.926 bits per heavy atom. The fourth-order valence-electron chi connectivity index (χ4n) is 3.16. The summed E-state index contributed by atoms with van der Waals surface area (Å²) in [4.78, 5) is 23.7. The van der Waals surface area contributed by atoms with E-state index < -0.39 is 11.5 Å². The van der Waals surface area contributed by atoms with Gasteiger partial charge in [-0.25, -0.2) is 4.79 Å². The van der Waals surface area contributed by atoms with Gasteiger partial charge in [-0.1, -0.05) is 48.5 Å². The Kier molecular flexibility index (Phi) is 5.49. The molecule has 5 nitrogen and oxygen atoms in total. The lowest BCUT2D eigenvalue weighted by Gasteiger charge is -2.17. The zero-order valence-corrected chi connectivity index (χ0v) is 16.0. The third-order valence-electron chi connectivity index (χ3n) is 4.56. The van der Waals surface area contributed by atoms with E-state index in [9.17, 15) is 9.59 Å². The molecule has 0 radical (unpaired) electrons. The molecular weight excluding hydrogens is 342 g/mol. The smallest absolute Gasteiger partial charge is 0.407 e. The molecule has 3 rings (SSSR count). The minimum absolute atomic E-state index is 0.0295. The summed E-state index contributed by atoms with van der Waals surface area (Å²) in [6, 6.07) is 16.4. The third kappa shape index (κ3) is 4.30. The van der Waals surface area contributed by atoms with Crippen LogP contribution in [0.4, 0.5) is 4.79 Å². The van der Waals surface area contributed by atoms with Crippen LogP contribution in [0.25, 0.3) is 11.1 Å².